The van der Waals surface area contributed by atoms with Gasteiger partial charge in [0, 0.05) is 27.8 Å². The van der Waals surface area contributed by atoms with E-state index in [9.17, 15) is 13.2 Å². The Morgan fingerprint density at radius 1 is 1.17 bits per heavy atom. The van der Waals surface area contributed by atoms with Gasteiger partial charge in [-0.15, -0.1) is 23.5 Å². The molecule has 1 aliphatic rings. The van der Waals surface area contributed by atoms with E-state index in [4.69, 9.17) is 11.6 Å². The van der Waals surface area contributed by atoms with Crippen molar-refractivity contribution in [1.29, 1.82) is 0 Å². The van der Waals surface area contributed by atoms with Gasteiger partial charge in [0.1, 0.15) is 0 Å². The van der Waals surface area contributed by atoms with Crippen molar-refractivity contribution in [3.8, 4) is 0 Å². The van der Waals surface area contributed by atoms with Gasteiger partial charge in [-0.25, -0.2) is 4.99 Å². The van der Waals surface area contributed by atoms with Gasteiger partial charge < -0.3 is 0 Å². The third-order valence-electron chi connectivity index (χ3n) is 3.40. The highest BCUT2D eigenvalue weighted by molar-refractivity contribution is 8.13. The lowest BCUT2D eigenvalue weighted by molar-refractivity contribution is -0.137. The standard InChI is InChI=1S/C17H13ClF3NS2/c18-13-4-5-15-14(9-13)22-16(6-7-23-15)24-10-11-2-1-3-12(8-11)17(19,20)21/h1-5,8-9H,6-7,10H2. The summed E-state index contributed by atoms with van der Waals surface area (Å²) in [6, 6.07) is 11.0. The molecule has 0 spiro atoms. The molecular formula is C17H13ClF3NS2. The third-order valence-corrected chi connectivity index (χ3v) is 5.81. The maximum absolute atomic E-state index is 12.8. The predicted molar refractivity (Wildman–Crippen MR) is 96.6 cm³/mol. The van der Waals surface area contributed by atoms with Gasteiger partial charge in [0.15, 0.2) is 0 Å². The summed E-state index contributed by atoms with van der Waals surface area (Å²) in [6.07, 6.45) is -3.52. The summed E-state index contributed by atoms with van der Waals surface area (Å²) < 4.78 is 38.3. The average Bonchev–Trinajstić information content (AvgIpc) is 2.73. The number of nitrogens with zero attached hydrogens (tertiary/aromatic N) is 1. The number of aliphatic imine (C=N–C) groups is 1. The Bertz CT molecular complexity index is 775. The number of hydrogen-bond acceptors (Lipinski definition) is 3. The molecule has 0 saturated carbocycles. The third kappa shape index (κ3) is 4.49. The molecule has 2 aromatic carbocycles. The number of fused-ring (bicyclic) bond motifs is 1. The maximum Gasteiger partial charge on any atom is 0.416 e. The molecule has 0 amide bonds. The van der Waals surface area contributed by atoms with Gasteiger partial charge in [-0.3, -0.25) is 0 Å². The van der Waals surface area contributed by atoms with Crippen LogP contribution in [0.4, 0.5) is 18.9 Å². The van der Waals surface area contributed by atoms with Crippen molar-refractivity contribution in [2.75, 3.05) is 5.75 Å². The SMILES string of the molecule is FC(F)(F)c1cccc(CSC2=Nc3cc(Cl)ccc3SCC2)c1. The quantitative estimate of drug-likeness (QED) is 0.560. The Kier molecular flexibility index (Phi) is 5.47. The Morgan fingerprint density at radius 2 is 2.00 bits per heavy atom. The van der Waals surface area contributed by atoms with E-state index < -0.39 is 11.7 Å². The van der Waals surface area contributed by atoms with E-state index in [2.05, 4.69) is 4.99 Å². The van der Waals surface area contributed by atoms with Gasteiger partial charge in [-0.05, 0) is 29.8 Å². The second kappa shape index (κ2) is 7.42. The molecule has 0 atom stereocenters. The van der Waals surface area contributed by atoms with E-state index in [1.165, 1.54) is 23.9 Å². The van der Waals surface area contributed by atoms with Gasteiger partial charge in [0.2, 0.25) is 0 Å². The van der Waals surface area contributed by atoms with Crippen molar-refractivity contribution in [3.05, 3.63) is 58.6 Å². The topological polar surface area (TPSA) is 12.4 Å². The molecule has 0 aliphatic carbocycles. The molecule has 0 radical (unpaired) electrons. The first-order chi connectivity index (χ1) is 11.4. The lowest BCUT2D eigenvalue weighted by Gasteiger charge is -2.09. The van der Waals surface area contributed by atoms with E-state index in [0.717, 1.165) is 33.9 Å². The summed E-state index contributed by atoms with van der Waals surface area (Å²) in [4.78, 5) is 5.72. The molecule has 126 valence electrons. The Labute approximate surface area is 151 Å². The van der Waals surface area contributed by atoms with Crippen molar-refractivity contribution in [1.82, 2.24) is 0 Å². The molecular weight excluding hydrogens is 375 g/mol. The fourth-order valence-corrected chi connectivity index (χ4v) is 4.40. The largest absolute Gasteiger partial charge is 0.416 e. The summed E-state index contributed by atoms with van der Waals surface area (Å²) in [5.41, 5.74) is 0.855. The first kappa shape index (κ1) is 17.7. The molecule has 1 heterocycles. The van der Waals surface area contributed by atoms with Crippen molar-refractivity contribution < 1.29 is 13.2 Å². The van der Waals surface area contributed by atoms with Crippen LogP contribution in [0.25, 0.3) is 0 Å². The van der Waals surface area contributed by atoms with Gasteiger partial charge in [0.05, 0.1) is 16.3 Å². The Morgan fingerprint density at radius 3 is 2.79 bits per heavy atom. The second-order valence-corrected chi connectivity index (χ2v) is 7.82. The smallest absolute Gasteiger partial charge is 0.245 e. The van der Waals surface area contributed by atoms with Crippen LogP contribution in [-0.4, -0.2) is 10.8 Å². The number of benzene rings is 2. The van der Waals surface area contributed by atoms with Crippen LogP contribution in [0.1, 0.15) is 17.5 Å². The number of rotatable bonds is 2. The van der Waals surface area contributed by atoms with Gasteiger partial charge in [-0.2, -0.15) is 13.2 Å². The summed E-state index contributed by atoms with van der Waals surface area (Å²) >= 11 is 9.21. The maximum atomic E-state index is 12.8. The fourth-order valence-electron chi connectivity index (χ4n) is 2.25. The summed E-state index contributed by atoms with van der Waals surface area (Å²) in [6.45, 7) is 0. The average molecular weight is 388 g/mol. The highest BCUT2D eigenvalue weighted by Crippen LogP contribution is 2.37. The van der Waals surface area contributed by atoms with Crippen LogP contribution in [0.2, 0.25) is 5.02 Å². The zero-order valence-corrected chi connectivity index (χ0v) is 14.8. The van der Waals surface area contributed by atoms with E-state index in [1.807, 2.05) is 18.2 Å². The number of alkyl halides is 3. The Balaban J connectivity index is 1.75. The van der Waals surface area contributed by atoms with Crippen LogP contribution in [-0.2, 0) is 11.9 Å². The molecule has 0 aromatic heterocycles. The van der Waals surface area contributed by atoms with Gasteiger partial charge in [-0.1, -0.05) is 29.8 Å². The highest BCUT2D eigenvalue weighted by Gasteiger charge is 2.30. The molecule has 0 fully saturated rings. The van der Waals surface area contributed by atoms with Crippen LogP contribution in [0.3, 0.4) is 0 Å². The minimum atomic E-state index is -4.31. The summed E-state index contributed by atoms with van der Waals surface area (Å²) in [5.74, 6) is 1.35. The molecule has 0 unspecified atom stereocenters. The molecule has 7 heteroatoms. The Hall–Kier alpha value is -1.11. The van der Waals surface area contributed by atoms with Crippen LogP contribution in [0, 0.1) is 0 Å². The highest BCUT2D eigenvalue weighted by atomic mass is 35.5. The van der Waals surface area contributed by atoms with Crippen LogP contribution < -0.4 is 0 Å². The molecule has 0 bridgehead atoms. The summed E-state index contributed by atoms with van der Waals surface area (Å²) in [7, 11) is 0. The zero-order valence-electron chi connectivity index (χ0n) is 12.4. The minimum absolute atomic E-state index is 0.462. The molecule has 0 N–H and O–H groups in total. The molecule has 2 aromatic rings. The first-order valence-electron chi connectivity index (χ1n) is 7.21. The molecule has 3 rings (SSSR count). The monoisotopic (exact) mass is 387 g/mol. The van der Waals surface area contributed by atoms with E-state index in [0.29, 0.717) is 16.3 Å². The molecule has 0 saturated heterocycles. The molecule has 24 heavy (non-hydrogen) atoms. The van der Waals surface area contributed by atoms with E-state index in [-0.39, 0.29) is 0 Å². The fraction of sp³-hybridized carbons (Fsp3) is 0.235. The van der Waals surface area contributed by atoms with E-state index >= 15 is 0 Å². The summed E-state index contributed by atoms with van der Waals surface area (Å²) in [5, 5.41) is 1.54. The minimum Gasteiger partial charge on any atom is -0.245 e. The second-order valence-electron chi connectivity index (χ2n) is 5.20. The van der Waals surface area contributed by atoms with Crippen molar-refractivity contribution in [3.63, 3.8) is 0 Å². The predicted octanol–water partition coefficient (Wildman–Crippen LogP) is 6.82. The lowest BCUT2D eigenvalue weighted by Crippen LogP contribution is -2.05. The van der Waals surface area contributed by atoms with E-state index in [1.54, 1.807) is 17.8 Å². The van der Waals surface area contributed by atoms with Gasteiger partial charge >= 0.3 is 6.18 Å². The van der Waals surface area contributed by atoms with Crippen LogP contribution >= 0.6 is 35.1 Å². The normalized spacial score (nSPS) is 14.8. The van der Waals surface area contributed by atoms with Crippen molar-refractivity contribution in [2.24, 2.45) is 4.99 Å². The number of halogens is 4. The number of hydrogen-bond donors (Lipinski definition) is 0. The van der Waals surface area contributed by atoms with Crippen LogP contribution in [0.15, 0.2) is 52.4 Å². The molecule has 1 aliphatic heterocycles. The number of thioether (sulfide) groups is 2. The van der Waals surface area contributed by atoms with Crippen molar-refractivity contribution >= 4 is 45.9 Å². The lowest BCUT2D eigenvalue weighted by atomic mass is 10.1. The van der Waals surface area contributed by atoms with Gasteiger partial charge in [0.25, 0.3) is 0 Å². The molecule has 1 nitrogen and oxygen atoms in total. The van der Waals surface area contributed by atoms with Crippen molar-refractivity contribution in [2.45, 2.75) is 23.2 Å². The van der Waals surface area contributed by atoms with Crippen LogP contribution in [0.5, 0.6) is 0 Å². The zero-order chi connectivity index (χ0) is 17.2. The first-order valence-corrected chi connectivity index (χ1v) is 9.55.